The molecule has 1 N–H and O–H groups in total. The van der Waals surface area contributed by atoms with E-state index in [0.717, 1.165) is 31.4 Å². The van der Waals surface area contributed by atoms with Crippen molar-refractivity contribution >= 4 is 17.4 Å². The number of hydrogen-bond donors (Lipinski definition) is 1. The molecule has 20 heavy (non-hydrogen) atoms. The molecular weight excluding hydrogens is 250 g/mol. The Morgan fingerprint density at radius 1 is 1.15 bits per heavy atom. The van der Waals surface area contributed by atoms with Crippen LogP contribution in [-0.2, 0) is 16.0 Å². The maximum absolute atomic E-state index is 11.5. The molecule has 1 rings (SSSR count). The van der Waals surface area contributed by atoms with Gasteiger partial charge in [-0.25, -0.2) is 0 Å². The summed E-state index contributed by atoms with van der Waals surface area (Å²) in [6.07, 6.45) is 4.81. The van der Waals surface area contributed by atoms with Crippen molar-refractivity contribution in [3.8, 4) is 0 Å². The van der Waals surface area contributed by atoms with Crippen LogP contribution in [0.1, 0.15) is 52.0 Å². The van der Waals surface area contributed by atoms with Crippen molar-refractivity contribution in [2.45, 2.75) is 52.9 Å². The number of hydrogen-bond acceptors (Lipinski definition) is 2. The molecule has 0 aromatic heterocycles. The van der Waals surface area contributed by atoms with Gasteiger partial charge < -0.3 is 5.32 Å². The van der Waals surface area contributed by atoms with Gasteiger partial charge in [0.15, 0.2) is 0 Å². The Bertz CT molecular complexity index is 452. The number of carbonyl (C=O) groups is 2. The van der Waals surface area contributed by atoms with Gasteiger partial charge in [-0.15, -0.1) is 0 Å². The summed E-state index contributed by atoms with van der Waals surface area (Å²) in [4.78, 5) is 22.5. The highest BCUT2D eigenvalue weighted by molar-refractivity contribution is 5.88. The number of ketones is 1. The number of nitrogens with one attached hydrogen (secondary N) is 1. The topological polar surface area (TPSA) is 46.2 Å². The number of anilines is 1. The van der Waals surface area contributed by atoms with Crippen LogP contribution in [0.15, 0.2) is 24.3 Å². The molecule has 1 aromatic carbocycles. The summed E-state index contributed by atoms with van der Waals surface area (Å²) in [6, 6.07) is 7.94. The van der Waals surface area contributed by atoms with E-state index in [1.165, 1.54) is 12.5 Å². The average molecular weight is 275 g/mol. The number of unbranched alkanes of at least 4 members (excludes halogenated alkanes) is 2. The minimum atomic E-state index is -0.0469. The van der Waals surface area contributed by atoms with Crippen LogP contribution in [0.25, 0.3) is 0 Å². The second-order valence-electron chi connectivity index (χ2n) is 5.56. The Balaban J connectivity index is 2.28. The van der Waals surface area contributed by atoms with E-state index >= 15 is 0 Å². The fourth-order valence-electron chi connectivity index (χ4n) is 2.10. The van der Waals surface area contributed by atoms with Gasteiger partial charge in [-0.05, 0) is 37.0 Å². The predicted molar refractivity (Wildman–Crippen MR) is 82.8 cm³/mol. The Labute approximate surface area is 121 Å². The summed E-state index contributed by atoms with van der Waals surface area (Å²) in [7, 11) is 0. The monoisotopic (exact) mass is 275 g/mol. The Morgan fingerprint density at radius 3 is 2.55 bits per heavy atom. The Morgan fingerprint density at radius 2 is 1.90 bits per heavy atom. The molecule has 0 radical (unpaired) electrons. The van der Waals surface area contributed by atoms with Gasteiger partial charge in [-0.1, -0.05) is 32.4 Å². The van der Waals surface area contributed by atoms with Gasteiger partial charge in [-0.3, -0.25) is 9.59 Å². The van der Waals surface area contributed by atoms with Gasteiger partial charge in [0.25, 0.3) is 0 Å². The highest BCUT2D eigenvalue weighted by Crippen LogP contribution is 2.14. The van der Waals surface area contributed by atoms with E-state index in [1.807, 2.05) is 32.0 Å². The summed E-state index contributed by atoms with van der Waals surface area (Å²) >= 11 is 0. The number of aryl methyl sites for hydroxylation is 1. The molecule has 0 unspecified atom stereocenters. The van der Waals surface area contributed by atoms with Crippen LogP contribution in [0, 0.1) is 5.92 Å². The summed E-state index contributed by atoms with van der Waals surface area (Å²) in [5.41, 5.74) is 2.08. The minimum Gasteiger partial charge on any atom is -0.326 e. The van der Waals surface area contributed by atoms with Crippen LogP contribution in [0.5, 0.6) is 0 Å². The molecule has 0 atom stereocenters. The van der Waals surface area contributed by atoms with Crippen molar-refractivity contribution in [2.24, 2.45) is 5.92 Å². The third-order valence-electron chi connectivity index (χ3n) is 3.28. The molecule has 0 spiro atoms. The lowest BCUT2D eigenvalue weighted by atomic mass is 10.0. The van der Waals surface area contributed by atoms with Gasteiger partial charge in [-0.2, -0.15) is 0 Å². The van der Waals surface area contributed by atoms with E-state index in [-0.39, 0.29) is 11.8 Å². The number of Topliss-reactive ketones (excluding diaryl/α,β-unsaturated/α-hetero) is 1. The largest absolute Gasteiger partial charge is 0.326 e. The first kappa shape index (κ1) is 16.4. The first-order valence-corrected chi connectivity index (χ1v) is 7.38. The lowest BCUT2D eigenvalue weighted by Crippen LogP contribution is -2.06. The molecule has 3 heteroatoms. The van der Waals surface area contributed by atoms with Gasteiger partial charge in [0, 0.05) is 24.9 Å². The fraction of sp³-hybridized carbons (Fsp3) is 0.529. The van der Waals surface area contributed by atoms with Crippen molar-refractivity contribution < 1.29 is 9.59 Å². The number of rotatable bonds is 8. The van der Waals surface area contributed by atoms with E-state index in [2.05, 4.69) is 11.4 Å². The van der Waals surface area contributed by atoms with Crippen LogP contribution < -0.4 is 5.32 Å². The smallest absolute Gasteiger partial charge is 0.221 e. The summed E-state index contributed by atoms with van der Waals surface area (Å²) in [5, 5.41) is 2.79. The van der Waals surface area contributed by atoms with Crippen LogP contribution in [0.4, 0.5) is 5.69 Å². The van der Waals surface area contributed by atoms with Crippen molar-refractivity contribution in [1.82, 2.24) is 0 Å². The molecule has 0 aliphatic carbocycles. The molecule has 0 aliphatic rings. The van der Waals surface area contributed by atoms with Gasteiger partial charge in [0.2, 0.25) is 5.91 Å². The van der Waals surface area contributed by atoms with E-state index in [1.54, 1.807) is 0 Å². The lowest BCUT2D eigenvalue weighted by molar-refractivity contribution is -0.122. The summed E-state index contributed by atoms with van der Waals surface area (Å²) < 4.78 is 0. The first-order valence-electron chi connectivity index (χ1n) is 7.38. The van der Waals surface area contributed by atoms with Crippen molar-refractivity contribution in [2.75, 3.05) is 5.32 Å². The molecule has 0 aliphatic heterocycles. The van der Waals surface area contributed by atoms with Gasteiger partial charge in [0.1, 0.15) is 5.78 Å². The molecule has 0 bridgehead atoms. The molecule has 0 fully saturated rings. The highest BCUT2D eigenvalue weighted by Gasteiger charge is 2.06. The third-order valence-corrected chi connectivity index (χ3v) is 3.28. The maximum Gasteiger partial charge on any atom is 0.221 e. The zero-order valence-electron chi connectivity index (χ0n) is 12.7. The molecule has 3 nitrogen and oxygen atoms in total. The minimum absolute atomic E-state index is 0.0469. The summed E-state index contributed by atoms with van der Waals surface area (Å²) in [5.74, 6) is 0.469. The number of carbonyl (C=O) groups excluding carboxylic acids is 2. The number of benzene rings is 1. The Kier molecular flexibility index (Phi) is 6.99. The first-order chi connectivity index (χ1) is 9.49. The number of amides is 1. The molecule has 0 saturated heterocycles. The lowest BCUT2D eigenvalue weighted by Gasteiger charge is -2.06. The van der Waals surface area contributed by atoms with Crippen molar-refractivity contribution in [3.05, 3.63) is 29.8 Å². The SMILES string of the molecule is CC(=O)Nc1cccc(CCCCCC(=O)C(C)C)c1. The van der Waals surface area contributed by atoms with E-state index in [0.29, 0.717) is 12.2 Å². The van der Waals surface area contributed by atoms with E-state index < -0.39 is 0 Å². The zero-order chi connectivity index (χ0) is 15.0. The van der Waals surface area contributed by atoms with E-state index in [9.17, 15) is 9.59 Å². The highest BCUT2D eigenvalue weighted by atomic mass is 16.1. The second-order valence-corrected chi connectivity index (χ2v) is 5.56. The normalized spacial score (nSPS) is 10.6. The van der Waals surface area contributed by atoms with Crippen molar-refractivity contribution in [3.63, 3.8) is 0 Å². The van der Waals surface area contributed by atoms with E-state index in [4.69, 9.17) is 0 Å². The molecule has 1 aromatic rings. The van der Waals surface area contributed by atoms with Crippen LogP contribution >= 0.6 is 0 Å². The standard InChI is InChI=1S/C17H25NO2/c1-13(2)17(20)11-6-4-5-8-15-9-7-10-16(12-15)18-14(3)19/h7,9-10,12-13H,4-6,8,11H2,1-3H3,(H,18,19). The second kappa shape index (κ2) is 8.51. The maximum atomic E-state index is 11.5. The van der Waals surface area contributed by atoms with Gasteiger partial charge >= 0.3 is 0 Å². The molecule has 0 saturated carbocycles. The quantitative estimate of drug-likeness (QED) is 0.730. The average Bonchev–Trinajstić information content (AvgIpc) is 2.37. The molecular formula is C17H25NO2. The van der Waals surface area contributed by atoms with Gasteiger partial charge in [0.05, 0.1) is 0 Å². The fourth-order valence-corrected chi connectivity index (χ4v) is 2.10. The molecule has 0 heterocycles. The molecule has 1 amide bonds. The van der Waals surface area contributed by atoms with Crippen LogP contribution in [-0.4, -0.2) is 11.7 Å². The van der Waals surface area contributed by atoms with Crippen LogP contribution in [0.2, 0.25) is 0 Å². The summed E-state index contributed by atoms with van der Waals surface area (Å²) in [6.45, 7) is 5.42. The third kappa shape index (κ3) is 6.50. The predicted octanol–water partition coefficient (Wildman–Crippen LogP) is 3.97. The Hall–Kier alpha value is -1.64. The zero-order valence-corrected chi connectivity index (χ0v) is 12.7. The van der Waals surface area contributed by atoms with Crippen molar-refractivity contribution in [1.29, 1.82) is 0 Å². The molecule has 110 valence electrons. The van der Waals surface area contributed by atoms with Crippen LogP contribution in [0.3, 0.4) is 0 Å².